The molecule has 0 spiro atoms. The van der Waals surface area contributed by atoms with Crippen molar-refractivity contribution in [1.82, 2.24) is 24.7 Å². The van der Waals surface area contributed by atoms with Crippen molar-refractivity contribution < 1.29 is 13.3 Å². The molecule has 0 atom stereocenters. The number of rotatable bonds is 7. The van der Waals surface area contributed by atoms with Crippen LogP contribution in [0.1, 0.15) is 25.7 Å². The van der Waals surface area contributed by atoms with Crippen LogP contribution in [-0.4, -0.2) is 51.6 Å². The third-order valence-electron chi connectivity index (χ3n) is 5.14. The molecule has 2 heterocycles. The molecule has 1 aromatic carbocycles. The molecule has 3 aromatic rings. The lowest BCUT2D eigenvalue weighted by atomic mass is 9.92. The van der Waals surface area contributed by atoms with Crippen LogP contribution >= 0.6 is 0 Å². The van der Waals surface area contributed by atoms with Crippen LogP contribution in [0, 0.1) is 10.1 Å². The van der Waals surface area contributed by atoms with E-state index in [1.165, 1.54) is 24.7 Å². The van der Waals surface area contributed by atoms with Gasteiger partial charge in [0.1, 0.15) is 17.4 Å². The number of non-ortho nitro benzene ring substituents is 1. The van der Waals surface area contributed by atoms with Crippen LogP contribution in [0.4, 0.5) is 23.1 Å². The number of nitrogens with one attached hydrogen (secondary N) is 3. The van der Waals surface area contributed by atoms with E-state index in [0.29, 0.717) is 28.5 Å². The summed E-state index contributed by atoms with van der Waals surface area (Å²) < 4.78 is 25.5. The van der Waals surface area contributed by atoms with E-state index in [9.17, 15) is 18.5 Å². The minimum atomic E-state index is -3.22. The predicted octanol–water partition coefficient (Wildman–Crippen LogP) is 2.34. The molecule has 0 unspecified atom stereocenters. The summed E-state index contributed by atoms with van der Waals surface area (Å²) in [6.45, 7) is 0. The first-order valence-electron chi connectivity index (χ1n) is 10.00. The van der Waals surface area contributed by atoms with Crippen LogP contribution in [-0.2, 0) is 10.0 Å². The van der Waals surface area contributed by atoms with Gasteiger partial charge in [-0.25, -0.2) is 33.1 Å². The highest BCUT2D eigenvalue weighted by molar-refractivity contribution is 7.88. The summed E-state index contributed by atoms with van der Waals surface area (Å²) in [5.74, 6) is 0.816. The second-order valence-corrected chi connectivity index (χ2v) is 9.45. The van der Waals surface area contributed by atoms with Crippen LogP contribution in [0.15, 0.2) is 36.8 Å². The number of nitro benzene ring substituents is 1. The lowest BCUT2D eigenvalue weighted by Gasteiger charge is -2.29. The van der Waals surface area contributed by atoms with Crippen molar-refractivity contribution in [3.05, 3.63) is 46.9 Å². The largest absolute Gasteiger partial charge is 0.351 e. The lowest BCUT2D eigenvalue weighted by Crippen LogP contribution is -2.39. The van der Waals surface area contributed by atoms with E-state index in [2.05, 4.69) is 35.3 Å². The molecule has 0 radical (unpaired) electrons. The highest BCUT2D eigenvalue weighted by Crippen LogP contribution is 2.26. The first-order chi connectivity index (χ1) is 15.3. The van der Waals surface area contributed by atoms with E-state index in [0.717, 1.165) is 25.7 Å². The number of fused-ring (bicyclic) bond motifs is 1. The molecule has 0 aliphatic heterocycles. The number of benzene rings is 1. The third-order valence-corrected chi connectivity index (χ3v) is 5.90. The molecule has 3 N–H and O–H groups in total. The minimum absolute atomic E-state index is 0.0358. The normalized spacial score (nSPS) is 18.9. The van der Waals surface area contributed by atoms with Crippen molar-refractivity contribution in [2.75, 3.05) is 16.9 Å². The number of anilines is 3. The Morgan fingerprint density at radius 3 is 2.56 bits per heavy atom. The van der Waals surface area contributed by atoms with Crippen molar-refractivity contribution in [3.63, 3.8) is 0 Å². The zero-order valence-corrected chi connectivity index (χ0v) is 18.0. The van der Waals surface area contributed by atoms with Gasteiger partial charge in [0.05, 0.1) is 17.4 Å². The van der Waals surface area contributed by atoms with Crippen molar-refractivity contribution in [3.8, 4) is 0 Å². The number of sulfonamides is 1. The maximum absolute atomic E-state index is 11.4. The van der Waals surface area contributed by atoms with Crippen LogP contribution < -0.4 is 15.4 Å². The van der Waals surface area contributed by atoms with E-state index in [4.69, 9.17) is 0 Å². The second kappa shape index (κ2) is 8.96. The van der Waals surface area contributed by atoms with Gasteiger partial charge in [-0.2, -0.15) is 0 Å². The Kier molecular flexibility index (Phi) is 6.10. The molecular weight excluding hydrogens is 436 g/mol. The summed E-state index contributed by atoms with van der Waals surface area (Å²) in [4.78, 5) is 27.9. The Bertz CT molecular complexity index is 1250. The number of aromatic nitrogens is 4. The van der Waals surface area contributed by atoms with Gasteiger partial charge < -0.3 is 10.6 Å². The second-order valence-electron chi connectivity index (χ2n) is 7.67. The minimum Gasteiger partial charge on any atom is -0.351 e. The van der Waals surface area contributed by atoms with Gasteiger partial charge in [-0.1, -0.05) is 6.07 Å². The standard InChI is InChI=1S/C19H22N8O4S/c1-32(30,31)26-13-7-5-12(6-8-13)24-19-20-10-16-17(25-19)18(22-11-21-16)23-14-3-2-4-15(9-14)27(28)29/h2-4,9-13,26H,5-8H2,1H3,(H,20,24,25)(H,21,22,23). The van der Waals surface area contributed by atoms with Crippen LogP contribution in [0.3, 0.4) is 0 Å². The molecule has 0 amide bonds. The van der Waals surface area contributed by atoms with Gasteiger partial charge >= 0.3 is 0 Å². The summed E-state index contributed by atoms with van der Waals surface area (Å²) in [6.07, 6.45) is 7.12. The average molecular weight is 459 g/mol. The molecule has 0 bridgehead atoms. The van der Waals surface area contributed by atoms with E-state index >= 15 is 0 Å². The van der Waals surface area contributed by atoms with Crippen molar-refractivity contribution >= 4 is 44.2 Å². The number of hydrogen-bond donors (Lipinski definition) is 3. The first-order valence-corrected chi connectivity index (χ1v) is 11.9. The quantitative estimate of drug-likeness (QED) is 0.353. The molecule has 1 aliphatic rings. The number of nitro groups is 1. The Labute approximate surface area is 184 Å². The fourth-order valence-corrected chi connectivity index (χ4v) is 4.53. The van der Waals surface area contributed by atoms with Crippen molar-refractivity contribution in [1.29, 1.82) is 0 Å². The van der Waals surface area contributed by atoms with Gasteiger partial charge in [-0.15, -0.1) is 0 Å². The molecule has 1 fully saturated rings. The first kappa shape index (κ1) is 21.8. The highest BCUT2D eigenvalue weighted by atomic mass is 32.2. The van der Waals surface area contributed by atoms with Crippen molar-refractivity contribution in [2.24, 2.45) is 0 Å². The van der Waals surface area contributed by atoms with E-state index in [-0.39, 0.29) is 17.8 Å². The maximum atomic E-state index is 11.4. The molecule has 168 valence electrons. The lowest BCUT2D eigenvalue weighted by molar-refractivity contribution is -0.384. The summed E-state index contributed by atoms with van der Waals surface area (Å²) in [7, 11) is -3.22. The smallest absolute Gasteiger partial charge is 0.271 e. The molecule has 13 heteroatoms. The van der Waals surface area contributed by atoms with Gasteiger partial charge in [-0.05, 0) is 31.7 Å². The van der Waals surface area contributed by atoms with Crippen molar-refractivity contribution in [2.45, 2.75) is 37.8 Å². The Morgan fingerprint density at radius 1 is 1.09 bits per heavy atom. The van der Waals surface area contributed by atoms with E-state index < -0.39 is 14.9 Å². The van der Waals surface area contributed by atoms with Gasteiger partial charge in [0.15, 0.2) is 5.82 Å². The molecule has 1 aliphatic carbocycles. The van der Waals surface area contributed by atoms with E-state index in [1.807, 2.05) is 0 Å². The fraction of sp³-hybridized carbons (Fsp3) is 0.368. The summed E-state index contributed by atoms with van der Waals surface area (Å²) in [5.41, 5.74) is 1.47. The average Bonchev–Trinajstić information content (AvgIpc) is 2.75. The van der Waals surface area contributed by atoms with Gasteiger partial charge in [0.25, 0.3) is 5.69 Å². The number of nitrogens with zero attached hydrogens (tertiary/aromatic N) is 5. The van der Waals surface area contributed by atoms with Crippen LogP contribution in [0.2, 0.25) is 0 Å². The SMILES string of the molecule is CS(=O)(=O)NC1CCC(Nc2ncc3ncnc(Nc4cccc([N+](=O)[O-])c4)c3n2)CC1. The Balaban J connectivity index is 1.49. The molecule has 1 saturated carbocycles. The third kappa shape index (κ3) is 5.42. The summed E-state index contributed by atoms with van der Waals surface area (Å²) in [5, 5.41) is 17.4. The molecular formula is C19H22N8O4S. The van der Waals surface area contributed by atoms with Gasteiger partial charge in [0.2, 0.25) is 16.0 Å². The monoisotopic (exact) mass is 458 g/mol. The molecule has 12 nitrogen and oxygen atoms in total. The topological polar surface area (TPSA) is 165 Å². The Morgan fingerprint density at radius 2 is 1.84 bits per heavy atom. The molecule has 0 saturated heterocycles. The summed E-state index contributed by atoms with van der Waals surface area (Å²) in [6, 6.07) is 6.17. The van der Waals surface area contributed by atoms with E-state index in [1.54, 1.807) is 18.3 Å². The Hall–Kier alpha value is -3.45. The van der Waals surface area contributed by atoms with Crippen LogP contribution in [0.25, 0.3) is 11.0 Å². The zero-order valence-electron chi connectivity index (χ0n) is 17.2. The maximum Gasteiger partial charge on any atom is 0.271 e. The molecule has 2 aromatic heterocycles. The molecule has 4 rings (SSSR count). The van der Waals surface area contributed by atoms with Crippen LogP contribution in [0.5, 0.6) is 0 Å². The summed E-state index contributed by atoms with van der Waals surface area (Å²) >= 11 is 0. The highest BCUT2D eigenvalue weighted by Gasteiger charge is 2.24. The predicted molar refractivity (Wildman–Crippen MR) is 119 cm³/mol. The zero-order chi connectivity index (χ0) is 22.7. The molecule has 32 heavy (non-hydrogen) atoms. The van der Waals surface area contributed by atoms with Gasteiger partial charge in [0, 0.05) is 29.9 Å². The van der Waals surface area contributed by atoms with Gasteiger partial charge in [-0.3, -0.25) is 10.1 Å². The number of hydrogen-bond acceptors (Lipinski definition) is 10. The fourth-order valence-electron chi connectivity index (χ4n) is 3.69.